The van der Waals surface area contributed by atoms with Crippen LogP contribution >= 0.6 is 0 Å². The van der Waals surface area contributed by atoms with Crippen LogP contribution in [0.1, 0.15) is 25.1 Å². The fourth-order valence-corrected chi connectivity index (χ4v) is 1.70. The van der Waals surface area contributed by atoms with Crippen molar-refractivity contribution in [2.24, 2.45) is 0 Å². The van der Waals surface area contributed by atoms with E-state index >= 15 is 0 Å². The molecule has 0 saturated heterocycles. The zero-order chi connectivity index (χ0) is 13.8. The summed E-state index contributed by atoms with van der Waals surface area (Å²) in [5.41, 5.74) is 1.62. The molecule has 6 heteroatoms. The quantitative estimate of drug-likeness (QED) is 0.867. The molecule has 2 rings (SSSR count). The lowest BCUT2D eigenvalue weighted by Crippen LogP contribution is -2.04. The third kappa shape index (κ3) is 2.97. The lowest BCUT2D eigenvalue weighted by Gasteiger charge is -2.07. The van der Waals surface area contributed by atoms with Gasteiger partial charge in [-0.1, -0.05) is 0 Å². The van der Waals surface area contributed by atoms with Gasteiger partial charge in [-0.05, 0) is 26.0 Å². The summed E-state index contributed by atoms with van der Waals surface area (Å²) in [6.07, 6.45) is 1.54. The van der Waals surface area contributed by atoms with E-state index in [9.17, 15) is 9.50 Å². The van der Waals surface area contributed by atoms with Crippen LogP contribution in [0.15, 0.2) is 18.3 Å². The number of aromatic nitrogens is 3. The highest BCUT2D eigenvalue weighted by atomic mass is 19.1. The SMILES string of the molecule is CC(C)OCc1n[nH]c(-c2ncccc2F)c1CO. The molecule has 102 valence electrons. The second-order valence-electron chi connectivity index (χ2n) is 4.38. The molecule has 0 aromatic carbocycles. The Morgan fingerprint density at radius 1 is 1.47 bits per heavy atom. The number of hydrogen-bond acceptors (Lipinski definition) is 4. The van der Waals surface area contributed by atoms with Crippen molar-refractivity contribution in [1.82, 2.24) is 15.2 Å². The van der Waals surface area contributed by atoms with E-state index < -0.39 is 5.82 Å². The average Bonchev–Trinajstić information content (AvgIpc) is 2.79. The standard InChI is InChI=1S/C13H16FN3O2/c1-8(2)19-7-11-9(6-18)12(17-16-11)13-10(14)4-3-5-15-13/h3-5,8,18H,6-7H2,1-2H3,(H,16,17). The summed E-state index contributed by atoms with van der Waals surface area (Å²) in [5.74, 6) is -0.461. The molecule has 19 heavy (non-hydrogen) atoms. The molecule has 0 aliphatic carbocycles. The number of pyridine rings is 1. The summed E-state index contributed by atoms with van der Waals surface area (Å²) < 4.78 is 19.1. The molecule has 2 aromatic rings. The van der Waals surface area contributed by atoms with Gasteiger partial charge in [0.15, 0.2) is 5.82 Å². The van der Waals surface area contributed by atoms with Gasteiger partial charge in [-0.2, -0.15) is 5.10 Å². The lowest BCUT2D eigenvalue weighted by atomic mass is 10.1. The van der Waals surface area contributed by atoms with Gasteiger partial charge in [0.05, 0.1) is 30.7 Å². The Balaban J connectivity index is 2.35. The molecule has 2 aromatic heterocycles. The van der Waals surface area contributed by atoms with Gasteiger partial charge >= 0.3 is 0 Å². The van der Waals surface area contributed by atoms with E-state index in [0.29, 0.717) is 17.0 Å². The maximum absolute atomic E-state index is 13.7. The maximum Gasteiger partial charge on any atom is 0.151 e. The van der Waals surface area contributed by atoms with Gasteiger partial charge < -0.3 is 9.84 Å². The Hall–Kier alpha value is -1.79. The molecule has 0 unspecified atom stereocenters. The van der Waals surface area contributed by atoms with Crippen LogP contribution in [-0.2, 0) is 18.0 Å². The molecule has 2 heterocycles. The van der Waals surface area contributed by atoms with Crippen molar-refractivity contribution in [3.05, 3.63) is 35.4 Å². The number of rotatable bonds is 5. The first-order valence-corrected chi connectivity index (χ1v) is 6.03. The van der Waals surface area contributed by atoms with E-state index in [1.54, 1.807) is 0 Å². The molecule has 0 spiro atoms. The largest absolute Gasteiger partial charge is 0.392 e. The van der Waals surface area contributed by atoms with Crippen LogP contribution in [0.5, 0.6) is 0 Å². The average molecular weight is 265 g/mol. The Kier molecular flexibility index (Phi) is 4.24. The normalized spacial score (nSPS) is 11.2. The van der Waals surface area contributed by atoms with E-state index in [1.165, 1.54) is 18.3 Å². The van der Waals surface area contributed by atoms with Crippen LogP contribution in [0.3, 0.4) is 0 Å². The van der Waals surface area contributed by atoms with Crippen molar-refractivity contribution in [2.75, 3.05) is 0 Å². The fraction of sp³-hybridized carbons (Fsp3) is 0.385. The molecule has 0 fully saturated rings. The summed E-state index contributed by atoms with van der Waals surface area (Å²) in [7, 11) is 0. The van der Waals surface area contributed by atoms with Gasteiger partial charge in [0, 0.05) is 11.8 Å². The Bertz CT molecular complexity index is 555. The molecule has 0 saturated carbocycles. The number of nitrogens with one attached hydrogen (secondary N) is 1. The Labute approximate surface area is 110 Å². The number of nitrogens with zero attached hydrogens (tertiary/aromatic N) is 2. The minimum atomic E-state index is -0.461. The van der Waals surface area contributed by atoms with Crippen LogP contribution in [-0.4, -0.2) is 26.4 Å². The second-order valence-corrected chi connectivity index (χ2v) is 4.38. The monoisotopic (exact) mass is 265 g/mol. The van der Waals surface area contributed by atoms with E-state index in [1.807, 2.05) is 13.8 Å². The van der Waals surface area contributed by atoms with Gasteiger partial charge in [0.25, 0.3) is 0 Å². The number of aliphatic hydroxyl groups is 1. The molecule has 0 aliphatic heterocycles. The van der Waals surface area contributed by atoms with Crippen molar-refractivity contribution in [1.29, 1.82) is 0 Å². The molecular formula is C13H16FN3O2. The summed E-state index contributed by atoms with van der Waals surface area (Å²) >= 11 is 0. The van der Waals surface area contributed by atoms with E-state index in [2.05, 4.69) is 15.2 Å². The smallest absolute Gasteiger partial charge is 0.151 e. The molecule has 0 radical (unpaired) electrons. The van der Waals surface area contributed by atoms with Crippen LogP contribution in [0.25, 0.3) is 11.4 Å². The van der Waals surface area contributed by atoms with Crippen molar-refractivity contribution >= 4 is 0 Å². The molecule has 0 bridgehead atoms. The predicted octanol–water partition coefficient (Wildman–Crippen LogP) is 2.03. The summed E-state index contributed by atoms with van der Waals surface area (Å²) in [6, 6.07) is 2.82. The highest BCUT2D eigenvalue weighted by Gasteiger charge is 2.17. The van der Waals surface area contributed by atoms with Gasteiger partial charge in [-0.25, -0.2) is 4.39 Å². The Morgan fingerprint density at radius 2 is 2.26 bits per heavy atom. The zero-order valence-corrected chi connectivity index (χ0v) is 10.9. The molecule has 5 nitrogen and oxygen atoms in total. The third-order valence-electron chi connectivity index (χ3n) is 2.66. The first-order valence-electron chi connectivity index (χ1n) is 6.03. The summed E-state index contributed by atoms with van der Waals surface area (Å²) in [5, 5.41) is 16.2. The van der Waals surface area contributed by atoms with Gasteiger partial charge in [0.2, 0.25) is 0 Å². The molecule has 0 atom stereocenters. The first-order chi connectivity index (χ1) is 9.13. The van der Waals surface area contributed by atoms with E-state index in [4.69, 9.17) is 4.74 Å². The summed E-state index contributed by atoms with van der Waals surface area (Å²) in [4.78, 5) is 3.97. The van der Waals surface area contributed by atoms with Gasteiger partial charge in [0.1, 0.15) is 5.69 Å². The van der Waals surface area contributed by atoms with Crippen molar-refractivity contribution in [3.63, 3.8) is 0 Å². The number of halogens is 1. The third-order valence-corrected chi connectivity index (χ3v) is 2.66. The number of aromatic amines is 1. The van der Waals surface area contributed by atoms with Crippen LogP contribution in [0.4, 0.5) is 4.39 Å². The van der Waals surface area contributed by atoms with Gasteiger partial charge in [-0.15, -0.1) is 0 Å². The minimum absolute atomic E-state index is 0.0540. The van der Waals surface area contributed by atoms with Crippen LogP contribution < -0.4 is 0 Å². The van der Waals surface area contributed by atoms with Crippen LogP contribution in [0, 0.1) is 5.82 Å². The fourth-order valence-electron chi connectivity index (χ4n) is 1.70. The predicted molar refractivity (Wildman–Crippen MR) is 67.6 cm³/mol. The number of aliphatic hydroxyl groups excluding tert-OH is 1. The topological polar surface area (TPSA) is 71.0 Å². The number of H-pyrrole nitrogens is 1. The van der Waals surface area contributed by atoms with Crippen LogP contribution in [0.2, 0.25) is 0 Å². The summed E-state index contributed by atoms with van der Waals surface area (Å²) in [6.45, 7) is 3.83. The molecule has 0 aliphatic rings. The van der Waals surface area contributed by atoms with E-state index in [0.717, 1.165) is 0 Å². The van der Waals surface area contributed by atoms with Crippen molar-refractivity contribution in [2.45, 2.75) is 33.2 Å². The second kappa shape index (κ2) is 5.90. The number of hydrogen-bond donors (Lipinski definition) is 2. The minimum Gasteiger partial charge on any atom is -0.392 e. The maximum atomic E-state index is 13.7. The molecule has 0 amide bonds. The molecular weight excluding hydrogens is 249 g/mol. The Morgan fingerprint density at radius 3 is 2.89 bits per heavy atom. The lowest BCUT2D eigenvalue weighted by molar-refractivity contribution is 0.0625. The zero-order valence-electron chi connectivity index (χ0n) is 10.9. The highest BCUT2D eigenvalue weighted by molar-refractivity contribution is 5.60. The molecule has 2 N–H and O–H groups in total. The van der Waals surface area contributed by atoms with Gasteiger partial charge in [-0.3, -0.25) is 10.1 Å². The van der Waals surface area contributed by atoms with Crippen molar-refractivity contribution < 1.29 is 14.2 Å². The highest BCUT2D eigenvalue weighted by Crippen LogP contribution is 2.24. The van der Waals surface area contributed by atoms with Crippen molar-refractivity contribution in [3.8, 4) is 11.4 Å². The first kappa shape index (κ1) is 13.6. The number of ether oxygens (including phenoxy) is 1. The van der Waals surface area contributed by atoms with E-state index in [-0.39, 0.29) is 25.0 Å².